The van der Waals surface area contributed by atoms with Crippen molar-refractivity contribution in [3.63, 3.8) is 0 Å². The Bertz CT molecular complexity index is 1520. The van der Waals surface area contributed by atoms with E-state index in [-0.39, 0.29) is 5.97 Å². The van der Waals surface area contributed by atoms with Gasteiger partial charge in [-0.3, -0.25) is 0 Å². The number of esters is 1. The Balaban J connectivity index is 1.08. The molecular weight excluding hydrogens is 600 g/mol. The summed E-state index contributed by atoms with van der Waals surface area (Å²) >= 11 is 5.72. The van der Waals surface area contributed by atoms with Gasteiger partial charge in [0.1, 0.15) is 11.5 Å². The van der Waals surface area contributed by atoms with Crippen LogP contribution >= 0.6 is 11.6 Å². The minimum atomic E-state index is -1.08. The summed E-state index contributed by atoms with van der Waals surface area (Å²) in [5.41, 5.74) is 5.38. The lowest BCUT2D eigenvalue weighted by Crippen LogP contribution is -2.38. The van der Waals surface area contributed by atoms with Crippen LogP contribution in [0.5, 0.6) is 11.5 Å². The van der Waals surface area contributed by atoms with E-state index in [9.17, 15) is 4.79 Å². The Morgan fingerprint density at radius 1 is 0.739 bits per heavy atom. The number of rotatable bonds is 15. The minimum Gasteiger partial charge on any atom is -0.456 e. The summed E-state index contributed by atoms with van der Waals surface area (Å²) in [5.74, 6) is 1.91. The predicted molar refractivity (Wildman–Crippen MR) is 183 cm³/mol. The van der Waals surface area contributed by atoms with Crippen molar-refractivity contribution in [3.05, 3.63) is 88.5 Å². The smallest absolute Gasteiger partial charge is 0.340 e. The fourth-order valence-electron chi connectivity index (χ4n) is 6.71. The average Bonchev–Trinajstić information content (AvgIpc) is 3.29. The Morgan fingerprint density at radius 3 is 2.02 bits per heavy atom. The van der Waals surface area contributed by atoms with E-state index in [0.29, 0.717) is 25.4 Å². The third kappa shape index (κ3) is 6.13. The van der Waals surface area contributed by atoms with Crippen LogP contribution in [0.2, 0.25) is 0 Å². The Morgan fingerprint density at radius 2 is 1.39 bits per heavy atom. The molecule has 4 aliphatic rings. The van der Waals surface area contributed by atoms with Crippen LogP contribution in [0.4, 0.5) is 11.4 Å². The molecule has 0 saturated carbocycles. The van der Waals surface area contributed by atoms with Crippen molar-refractivity contribution in [3.8, 4) is 11.5 Å². The number of hydrogen-bond donors (Lipinski definition) is 0. The lowest BCUT2D eigenvalue weighted by molar-refractivity contribution is 0.0224. The van der Waals surface area contributed by atoms with E-state index in [2.05, 4.69) is 64.4 Å². The second kappa shape index (κ2) is 14.1. The number of anilines is 2. The zero-order valence-corrected chi connectivity index (χ0v) is 27.2. The molecule has 0 bridgehead atoms. The van der Waals surface area contributed by atoms with Crippen molar-refractivity contribution in [2.75, 3.05) is 68.3 Å². The van der Waals surface area contributed by atoms with Crippen molar-refractivity contribution in [1.82, 2.24) is 0 Å². The molecular formula is C38H43ClN2O5. The largest absolute Gasteiger partial charge is 0.456 e. The van der Waals surface area contributed by atoms with Gasteiger partial charge in [0.25, 0.3) is 0 Å². The fourth-order valence-corrected chi connectivity index (χ4v) is 6.90. The van der Waals surface area contributed by atoms with Gasteiger partial charge in [0.15, 0.2) is 5.60 Å². The highest BCUT2D eigenvalue weighted by Crippen LogP contribution is 2.57. The summed E-state index contributed by atoms with van der Waals surface area (Å²) in [6.45, 7) is 6.79. The van der Waals surface area contributed by atoms with Gasteiger partial charge in [-0.05, 0) is 74.1 Å². The number of ether oxygens (including phenoxy) is 4. The number of fused-ring (bicyclic) bond motifs is 6. The summed E-state index contributed by atoms with van der Waals surface area (Å²) in [7, 11) is 0. The van der Waals surface area contributed by atoms with Crippen LogP contribution in [0.25, 0.3) is 6.08 Å². The first-order valence-corrected chi connectivity index (χ1v) is 17.4. The quantitative estimate of drug-likeness (QED) is 0.0948. The highest BCUT2D eigenvalue weighted by molar-refractivity contribution is 6.17. The van der Waals surface area contributed by atoms with Crippen molar-refractivity contribution in [2.45, 2.75) is 50.5 Å². The monoisotopic (exact) mass is 642 g/mol. The number of benzene rings is 3. The topological polar surface area (TPSA) is 60.5 Å². The van der Waals surface area contributed by atoms with E-state index in [1.807, 2.05) is 12.1 Å². The van der Waals surface area contributed by atoms with Crippen LogP contribution < -0.4 is 14.5 Å². The number of alkyl halides is 1. The lowest BCUT2D eigenvalue weighted by atomic mass is 9.77. The number of unbranched alkanes of at least 4 members (excludes halogenated alkanes) is 3. The molecule has 7 nitrogen and oxygen atoms in total. The van der Waals surface area contributed by atoms with Crippen LogP contribution in [0.3, 0.4) is 0 Å². The van der Waals surface area contributed by atoms with Crippen molar-refractivity contribution >= 4 is 35.0 Å². The van der Waals surface area contributed by atoms with Crippen LogP contribution in [0.15, 0.2) is 60.7 Å². The maximum absolute atomic E-state index is 13.5. The molecule has 2 saturated heterocycles. The van der Waals surface area contributed by atoms with Gasteiger partial charge in [0.05, 0.1) is 25.4 Å². The standard InChI is InChI=1S/C38H43ClN2O5/c39-16-4-1-2-5-21-43-23-24-44-22-6-3-9-28-10-13-31-34(25-28)38(46-37(31)42)32-14-11-29(40-17-7-18-40)26-35(32)45-36-27-30(12-15-33(36)38)41-19-8-20-41/h3,9-15,25-27H,1-2,4-8,16-24H2/b9-3+. The molecule has 0 aromatic heterocycles. The fraction of sp³-hybridized carbons (Fsp3) is 0.447. The predicted octanol–water partition coefficient (Wildman–Crippen LogP) is 7.91. The second-order valence-electron chi connectivity index (χ2n) is 12.5. The maximum Gasteiger partial charge on any atom is 0.340 e. The normalized spacial score (nSPS) is 17.3. The SMILES string of the molecule is O=C1OC2(c3ccc(N4CCC4)cc3Oc3cc(N4CCC4)ccc32)c2cc(/C=C/CCOCCOCCCCCCCl)ccc21. The van der Waals surface area contributed by atoms with Crippen LogP contribution in [-0.2, 0) is 19.8 Å². The molecule has 3 aromatic carbocycles. The second-order valence-corrected chi connectivity index (χ2v) is 12.9. The summed E-state index contributed by atoms with van der Waals surface area (Å²) in [6.07, 6.45) is 11.9. The van der Waals surface area contributed by atoms with Crippen molar-refractivity contribution < 1.29 is 23.7 Å². The van der Waals surface area contributed by atoms with Crippen molar-refractivity contribution in [1.29, 1.82) is 0 Å². The number of carbonyl (C=O) groups excluding carboxylic acids is 1. The van der Waals surface area contributed by atoms with Gasteiger partial charge in [0.2, 0.25) is 0 Å². The van der Waals surface area contributed by atoms with Crippen LogP contribution in [-0.4, -0.2) is 64.5 Å². The first-order chi connectivity index (χ1) is 22.7. The number of halogens is 1. The zero-order chi connectivity index (χ0) is 31.3. The highest BCUT2D eigenvalue weighted by Gasteiger charge is 2.53. The number of carbonyl (C=O) groups is 1. The molecule has 242 valence electrons. The van der Waals surface area contributed by atoms with Gasteiger partial charge >= 0.3 is 5.97 Å². The summed E-state index contributed by atoms with van der Waals surface area (Å²) in [5, 5.41) is 0. The summed E-state index contributed by atoms with van der Waals surface area (Å²) in [6, 6.07) is 18.6. The van der Waals surface area contributed by atoms with Crippen LogP contribution in [0, 0.1) is 0 Å². The summed E-state index contributed by atoms with van der Waals surface area (Å²) in [4.78, 5) is 18.2. The summed E-state index contributed by atoms with van der Waals surface area (Å²) < 4.78 is 24.5. The Labute approximate surface area is 277 Å². The first kappa shape index (κ1) is 31.1. The van der Waals surface area contributed by atoms with Gasteiger partial charge in [0, 0.05) is 78.9 Å². The van der Waals surface area contributed by atoms with E-state index in [1.165, 1.54) is 19.3 Å². The molecule has 1 spiro atoms. The van der Waals surface area contributed by atoms with Crippen molar-refractivity contribution in [2.24, 2.45) is 0 Å². The van der Waals surface area contributed by atoms with E-state index in [4.69, 9.17) is 30.5 Å². The van der Waals surface area contributed by atoms with Gasteiger partial charge in [-0.15, -0.1) is 11.6 Å². The van der Waals surface area contributed by atoms with E-state index in [1.54, 1.807) is 0 Å². The van der Waals surface area contributed by atoms with Gasteiger partial charge in [-0.1, -0.05) is 31.1 Å². The van der Waals surface area contributed by atoms with E-state index in [0.717, 1.165) is 109 Å². The molecule has 0 radical (unpaired) electrons. The molecule has 2 fully saturated rings. The van der Waals surface area contributed by atoms with E-state index < -0.39 is 5.60 Å². The van der Waals surface area contributed by atoms with Gasteiger partial charge in [-0.25, -0.2) is 4.79 Å². The molecule has 0 unspecified atom stereocenters. The average molecular weight is 643 g/mol. The first-order valence-electron chi connectivity index (χ1n) is 16.9. The third-order valence-corrected chi connectivity index (χ3v) is 9.79. The molecule has 0 N–H and O–H groups in total. The number of nitrogens with zero attached hydrogens (tertiary/aromatic N) is 2. The molecule has 8 heteroatoms. The zero-order valence-electron chi connectivity index (χ0n) is 26.5. The minimum absolute atomic E-state index is 0.311. The van der Waals surface area contributed by atoms with E-state index >= 15 is 0 Å². The molecule has 46 heavy (non-hydrogen) atoms. The third-order valence-electron chi connectivity index (χ3n) is 9.52. The molecule has 3 aromatic rings. The number of hydrogen-bond acceptors (Lipinski definition) is 7. The van der Waals surface area contributed by atoms with Gasteiger partial charge in [-0.2, -0.15) is 0 Å². The Hall–Kier alpha value is -3.52. The molecule has 0 atom stereocenters. The molecule has 4 heterocycles. The van der Waals surface area contributed by atoms with Crippen LogP contribution in [0.1, 0.15) is 77.6 Å². The Kier molecular flexibility index (Phi) is 9.52. The maximum atomic E-state index is 13.5. The lowest BCUT2D eigenvalue weighted by Gasteiger charge is -2.39. The molecule has 0 amide bonds. The molecule has 7 rings (SSSR count). The van der Waals surface area contributed by atoms with Gasteiger partial charge < -0.3 is 28.7 Å². The molecule has 4 aliphatic heterocycles. The highest BCUT2D eigenvalue weighted by atomic mass is 35.5. The molecule has 0 aliphatic carbocycles.